The van der Waals surface area contributed by atoms with E-state index in [0.717, 1.165) is 0 Å². The molecule has 0 N–H and O–H groups in total. The lowest BCUT2D eigenvalue weighted by Crippen LogP contribution is -2.38. The highest BCUT2D eigenvalue weighted by molar-refractivity contribution is 5.69. The van der Waals surface area contributed by atoms with Gasteiger partial charge in [0.2, 0.25) is 0 Å². The summed E-state index contributed by atoms with van der Waals surface area (Å²) in [4.78, 5) is 27.6. The van der Waals surface area contributed by atoms with Gasteiger partial charge in [-0.1, -0.05) is 0 Å². The van der Waals surface area contributed by atoms with Crippen LogP contribution in [-0.4, -0.2) is 18.7 Å². The Kier molecular flexibility index (Phi) is 1.99. The van der Waals surface area contributed by atoms with Gasteiger partial charge < -0.3 is 4.57 Å². The minimum atomic E-state index is -0.323. The summed E-state index contributed by atoms with van der Waals surface area (Å²) >= 11 is 0. The van der Waals surface area contributed by atoms with Crippen molar-refractivity contribution >= 4 is 11.2 Å². The zero-order valence-corrected chi connectivity index (χ0v) is 8.89. The highest BCUT2D eigenvalue weighted by atomic mass is 16.2. The van der Waals surface area contributed by atoms with Crippen LogP contribution in [0.25, 0.3) is 11.2 Å². The van der Waals surface area contributed by atoms with Crippen LogP contribution in [0.15, 0.2) is 15.9 Å². The van der Waals surface area contributed by atoms with Gasteiger partial charge in [-0.25, -0.2) is 9.78 Å². The third-order valence-electron chi connectivity index (χ3n) is 2.51. The number of hydrogen-bond acceptors (Lipinski definition) is 3. The van der Waals surface area contributed by atoms with Crippen molar-refractivity contribution in [1.29, 1.82) is 0 Å². The van der Waals surface area contributed by atoms with E-state index in [-0.39, 0.29) is 11.2 Å². The molecule has 0 saturated heterocycles. The van der Waals surface area contributed by atoms with E-state index in [1.807, 2.05) is 0 Å². The molecular formula is C9H12N4O2. The summed E-state index contributed by atoms with van der Waals surface area (Å²) in [6.45, 7) is 2.12. The van der Waals surface area contributed by atoms with Gasteiger partial charge in [-0.2, -0.15) is 0 Å². The predicted octanol–water partition coefficient (Wildman–Crippen LogP) is -0.546. The van der Waals surface area contributed by atoms with Gasteiger partial charge in [0.15, 0.2) is 5.52 Å². The molecule has 2 aromatic rings. The van der Waals surface area contributed by atoms with Gasteiger partial charge in [-0.05, 0) is 6.92 Å². The minimum absolute atomic E-state index is 0.307. The van der Waals surface area contributed by atoms with E-state index in [2.05, 4.69) is 4.98 Å². The van der Waals surface area contributed by atoms with Crippen molar-refractivity contribution in [2.24, 2.45) is 14.1 Å². The number of aromatic nitrogens is 4. The molecule has 2 heterocycles. The molecule has 0 radical (unpaired) electrons. The molecule has 0 fully saturated rings. The number of nitrogens with zero attached hydrogens (tertiary/aromatic N) is 4. The van der Waals surface area contributed by atoms with E-state index in [9.17, 15) is 9.59 Å². The molecule has 6 heteroatoms. The summed E-state index contributed by atoms with van der Waals surface area (Å²) in [5.74, 6) is 0. The van der Waals surface area contributed by atoms with Crippen molar-refractivity contribution in [3.05, 3.63) is 27.2 Å². The highest BCUT2D eigenvalue weighted by Gasteiger charge is 2.12. The fraction of sp³-hybridized carbons (Fsp3) is 0.444. The first-order chi connectivity index (χ1) is 7.07. The van der Waals surface area contributed by atoms with E-state index in [4.69, 9.17) is 0 Å². The molecule has 0 unspecified atom stereocenters. The van der Waals surface area contributed by atoms with Crippen LogP contribution < -0.4 is 11.2 Å². The summed E-state index contributed by atoms with van der Waals surface area (Å²) in [7, 11) is 3.39. The molecule has 0 bridgehead atoms. The predicted molar refractivity (Wildman–Crippen MR) is 55.9 cm³/mol. The molecule has 80 valence electrons. The number of rotatable bonds is 1. The lowest BCUT2D eigenvalue weighted by Gasteiger charge is -2.06. The lowest BCUT2D eigenvalue weighted by molar-refractivity contribution is 0.633. The Balaban J connectivity index is 3.12. The van der Waals surface area contributed by atoms with Gasteiger partial charge in [-0.3, -0.25) is 13.9 Å². The minimum Gasteiger partial charge on any atom is -0.320 e. The number of hydrogen-bond donors (Lipinski definition) is 0. The van der Waals surface area contributed by atoms with Crippen LogP contribution in [-0.2, 0) is 20.6 Å². The largest absolute Gasteiger partial charge is 0.332 e. The van der Waals surface area contributed by atoms with E-state index < -0.39 is 0 Å². The van der Waals surface area contributed by atoms with Gasteiger partial charge in [0, 0.05) is 20.6 Å². The van der Waals surface area contributed by atoms with Crippen LogP contribution in [0.5, 0.6) is 0 Å². The van der Waals surface area contributed by atoms with Crippen molar-refractivity contribution in [3.8, 4) is 0 Å². The quantitative estimate of drug-likeness (QED) is 0.632. The fourth-order valence-corrected chi connectivity index (χ4v) is 1.74. The maximum absolute atomic E-state index is 11.8. The summed E-state index contributed by atoms with van der Waals surface area (Å²) in [5, 5.41) is 0. The van der Waals surface area contributed by atoms with E-state index in [1.54, 1.807) is 25.6 Å². The summed E-state index contributed by atoms with van der Waals surface area (Å²) in [6.07, 6.45) is 1.53. The maximum Gasteiger partial charge on any atom is 0.332 e. The highest BCUT2D eigenvalue weighted by Crippen LogP contribution is 2.02. The molecule has 0 atom stereocenters. The Labute approximate surface area is 85.4 Å². The molecule has 6 nitrogen and oxygen atoms in total. The Hall–Kier alpha value is -1.85. The molecular weight excluding hydrogens is 196 g/mol. The second kappa shape index (κ2) is 3.08. The second-order valence-corrected chi connectivity index (χ2v) is 3.42. The number of aryl methyl sites for hydroxylation is 2. The summed E-state index contributed by atoms with van der Waals surface area (Å²) in [5.41, 5.74) is 0.256. The van der Waals surface area contributed by atoms with Gasteiger partial charge >= 0.3 is 5.69 Å². The molecule has 0 aliphatic rings. The Bertz CT molecular complexity index is 632. The van der Waals surface area contributed by atoms with E-state index >= 15 is 0 Å². The molecule has 15 heavy (non-hydrogen) atoms. The average molecular weight is 208 g/mol. The summed E-state index contributed by atoms with van der Waals surface area (Å²) in [6, 6.07) is 0. The zero-order chi connectivity index (χ0) is 11.2. The van der Waals surface area contributed by atoms with Crippen LogP contribution in [0.3, 0.4) is 0 Å². The van der Waals surface area contributed by atoms with E-state index in [0.29, 0.717) is 17.7 Å². The Morgan fingerprint density at radius 3 is 2.60 bits per heavy atom. The second-order valence-electron chi connectivity index (χ2n) is 3.42. The van der Waals surface area contributed by atoms with Gasteiger partial charge in [0.25, 0.3) is 5.56 Å². The van der Waals surface area contributed by atoms with Crippen LogP contribution in [0, 0.1) is 0 Å². The van der Waals surface area contributed by atoms with Gasteiger partial charge in [-0.15, -0.1) is 0 Å². The van der Waals surface area contributed by atoms with Crippen molar-refractivity contribution in [3.63, 3.8) is 0 Å². The van der Waals surface area contributed by atoms with Crippen LogP contribution in [0.4, 0.5) is 0 Å². The monoisotopic (exact) mass is 208 g/mol. The lowest BCUT2D eigenvalue weighted by atomic mass is 10.5. The first-order valence-corrected chi connectivity index (χ1v) is 4.68. The normalized spacial score (nSPS) is 11.1. The Morgan fingerprint density at radius 1 is 1.33 bits per heavy atom. The summed E-state index contributed by atoms with van der Waals surface area (Å²) < 4.78 is 4.28. The standard InChI is InChI=1S/C9H12N4O2/c1-4-13-8(14)6-7(11(2)5-10-6)12(3)9(13)15/h5H,4H2,1-3H3. The van der Waals surface area contributed by atoms with E-state index in [1.165, 1.54) is 15.5 Å². The molecule has 0 aliphatic carbocycles. The molecule has 2 aromatic heterocycles. The van der Waals surface area contributed by atoms with Crippen molar-refractivity contribution in [2.45, 2.75) is 13.5 Å². The first-order valence-electron chi connectivity index (χ1n) is 4.68. The van der Waals surface area contributed by atoms with Crippen LogP contribution in [0.1, 0.15) is 6.92 Å². The SMILES string of the molecule is CCn1c(=O)c2ncn(C)c2n(C)c1=O. The smallest absolute Gasteiger partial charge is 0.320 e. The molecule has 2 rings (SSSR count). The van der Waals surface area contributed by atoms with Crippen molar-refractivity contribution in [2.75, 3.05) is 0 Å². The molecule has 0 aliphatic heterocycles. The van der Waals surface area contributed by atoms with Gasteiger partial charge in [0.1, 0.15) is 5.65 Å². The number of imidazole rings is 1. The van der Waals surface area contributed by atoms with Crippen molar-refractivity contribution < 1.29 is 0 Å². The average Bonchev–Trinajstić information content (AvgIpc) is 2.58. The fourth-order valence-electron chi connectivity index (χ4n) is 1.74. The first kappa shape index (κ1) is 9.70. The van der Waals surface area contributed by atoms with Gasteiger partial charge in [0.05, 0.1) is 6.33 Å². The zero-order valence-electron chi connectivity index (χ0n) is 8.89. The van der Waals surface area contributed by atoms with Crippen molar-refractivity contribution in [1.82, 2.24) is 18.7 Å². The third kappa shape index (κ3) is 1.14. The Morgan fingerprint density at radius 2 is 2.00 bits per heavy atom. The topological polar surface area (TPSA) is 61.8 Å². The number of fused-ring (bicyclic) bond motifs is 1. The van der Waals surface area contributed by atoms with Crippen LogP contribution in [0.2, 0.25) is 0 Å². The van der Waals surface area contributed by atoms with Crippen LogP contribution >= 0.6 is 0 Å². The maximum atomic E-state index is 11.8. The third-order valence-corrected chi connectivity index (χ3v) is 2.51. The molecule has 0 saturated carbocycles. The molecule has 0 amide bonds. The molecule has 0 aromatic carbocycles. The molecule has 0 spiro atoms.